The minimum Gasteiger partial charge on any atom is -0.344 e. The van der Waals surface area contributed by atoms with Crippen molar-refractivity contribution >= 4 is 16.8 Å². The van der Waals surface area contributed by atoms with Crippen LogP contribution in [0.3, 0.4) is 0 Å². The van der Waals surface area contributed by atoms with E-state index in [2.05, 4.69) is 0 Å². The smallest absolute Gasteiger partial charge is 0.336 e. The third kappa shape index (κ3) is 3.40. The average molecular weight is 369 g/mol. The summed E-state index contributed by atoms with van der Waals surface area (Å²) in [7, 11) is 1.66. The molecule has 0 saturated carbocycles. The molecule has 0 aliphatic rings. The molecule has 0 spiro atoms. The number of halogens is 1. The summed E-state index contributed by atoms with van der Waals surface area (Å²) < 4.78 is 16.3. The SMILES string of the molecule is CCCN(C)C(=O)Cn1c(=O)n(-c2ccccc2F)c(=O)c2ccccc21. The Labute approximate surface area is 155 Å². The molecule has 0 bridgehead atoms. The minimum atomic E-state index is -0.748. The Balaban J connectivity index is 2.28. The van der Waals surface area contributed by atoms with Gasteiger partial charge in [-0.3, -0.25) is 14.2 Å². The van der Waals surface area contributed by atoms with E-state index in [1.165, 1.54) is 27.7 Å². The zero-order valence-corrected chi connectivity index (χ0v) is 15.2. The highest BCUT2D eigenvalue weighted by Crippen LogP contribution is 2.13. The Bertz CT molecular complexity index is 1120. The lowest BCUT2D eigenvalue weighted by Gasteiger charge is -2.19. The molecule has 0 aliphatic carbocycles. The van der Waals surface area contributed by atoms with Crippen LogP contribution in [0.2, 0.25) is 0 Å². The highest BCUT2D eigenvalue weighted by Gasteiger charge is 2.19. The van der Waals surface area contributed by atoms with Crippen molar-refractivity contribution in [1.82, 2.24) is 14.0 Å². The molecule has 7 heteroatoms. The van der Waals surface area contributed by atoms with Crippen LogP contribution in [0.5, 0.6) is 0 Å². The van der Waals surface area contributed by atoms with Crippen LogP contribution >= 0.6 is 0 Å². The van der Waals surface area contributed by atoms with Crippen molar-refractivity contribution in [1.29, 1.82) is 0 Å². The van der Waals surface area contributed by atoms with Gasteiger partial charge in [0.05, 0.1) is 16.6 Å². The van der Waals surface area contributed by atoms with Gasteiger partial charge in [0.1, 0.15) is 12.4 Å². The van der Waals surface area contributed by atoms with Crippen LogP contribution in [0.25, 0.3) is 16.6 Å². The van der Waals surface area contributed by atoms with Crippen molar-refractivity contribution in [3.63, 3.8) is 0 Å². The standard InChI is InChI=1S/C20H20FN3O3/c1-3-12-22(2)18(25)13-23-16-10-6-4-8-14(16)19(26)24(20(23)27)17-11-7-5-9-15(17)21/h4-11H,3,12-13H2,1-2H3. The quantitative estimate of drug-likeness (QED) is 0.692. The predicted molar refractivity (Wildman–Crippen MR) is 102 cm³/mol. The van der Waals surface area contributed by atoms with Crippen LogP contribution < -0.4 is 11.2 Å². The van der Waals surface area contributed by atoms with Crippen LogP contribution in [0.4, 0.5) is 4.39 Å². The molecule has 0 unspecified atom stereocenters. The summed E-state index contributed by atoms with van der Waals surface area (Å²) in [6.07, 6.45) is 0.784. The van der Waals surface area contributed by atoms with Crippen LogP contribution in [-0.2, 0) is 11.3 Å². The summed E-state index contributed by atoms with van der Waals surface area (Å²) in [5.74, 6) is -0.948. The first-order valence-electron chi connectivity index (χ1n) is 8.69. The van der Waals surface area contributed by atoms with E-state index in [-0.39, 0.29) is 23.5 Å². The molecule has 6 nitrogen and oxygen atoms in total. The molecule has 0 saturated heterocycles. The number of hydrogen-bond donors (Lipinski definition) is 0. The maximum absolute atomic E-state index is 14.3. The lowest BCUT2D eigenvalue weighted by Crippen LogP contribution is -2.42. The average Bonchev–Trinajstić information content (AvgIpc) is 2.66. The number of fused-ring (bicyclic) bond motifs is 1. The summed E-state index contributed by atoms with van der Waals surface area (Å²) in [5, 5.41) is 0.242. The van der Waals surface area contributed by atoms with Crippen molar-refractivity contribution in [2.24, 2.45) is 0 Å². The number of nitrogens with zero attached hydrogens (tertiary/aromatic N) is 3. The second-order valence-electron chi connectivity index (χ2n) is 6.29. The Morgan fingerprint density at radius 3 is 2.44 bits per heavy atom. The van der Waals surface area contributed by atoms with Crippen molar-refractivity contribution in [3.05, 3.63) is 75.2 Å². The Hall–Kier alpha value is -3.22. The summed E-state index contributed by atoms with van der Waals surface area (Å²) in [6.45, 7) is 2.27. The van der Waals surface area contributed by atoms with Crippen LogP contribution in [0, 0.1) is 5.82 Å². The molecule has 0 N–H and O–H groups in total. The number of aromatic nitrogens is 2. The van der Waals surface area contributed by atoms with E-state index in [1.54, 1.807) is 37.4 Å². The lowest BCUT2D eigenvalue weighted by atomic mass is 10.2. The van der Waals surface area contributed by atoms with E-state index in [0.29, 0.717) is 12.1 Å². The van der Waals surface area contributed by atoms with E-state index < -0.39 is 17.1 Å². The molecular weight excluding hydrogens is 349 g/mol. The third-order valence-electron chi connectivity index (χ3n) is 4.42. The molecule has 3 aromatic rings. The minimum absolute atomic E-state index is 0.138. The van der Waals surface area contributed by atoms with Gasteiger partial charge in [-0.2, -0.15) is 0 Å². The number of benzene rings is 2. The van der Waals surface area contributed by atoms with Gasteiger partial charge in [0.25, 0.3) is 5.56 Å². The van der Waals surface area contributed by atoms with Crippen LogP contribution in [-0.4, -0.2) is 33.5 Å². The molecule has 0 atom stereocenters. The van der Waals surface area contributed by atoms with E-state index in [9.17, 15) is 18.8 Å². The molecular formula is C20H20FN3O3. The largest absolute Gasteiger partial charge is 0.344 e. The topological polar surface area (TPSA) is 64.3 Å². The van der Waals surface area contributed by atoms with Crippen molar-refractivity contribution in [2.45, 2.75) is 19.9 Å². The molecule has 1 heterocycles. The zero-order valence-electron chi connectivity index (χ0n) is 15.2. The number of carbonyl (C=O) groups is 1. The van der Waals surface area contributed by atoms with Gasteiger partial charge in [0.2, 0.25) is 5.91 Å². The lowest BCUT2D eigenvalue weighted by molar-refractivity contribution is -0.130. The molecule has 3 rings (SSSR count). The second kappa shape index (κ2) is 7.57. The number of rotatable bonds is 5. The van der Waals surface area contributed by atoms with Gasteiger partial charge in [-0.05, 0) is 30.7 Å². The van der Waals surface area contributed by atoms with E-state index >= 15 is 0 Å². The van der Waals surface area contributed by atoms with Gasteiger partial charge in [0, 0.05) is 13.6 Å². The molecule has 1 aromatic heterocycles. The highest BCUT2D eigenvalue weighted by atomic mass is 19.1. The summed E-state index contributed by atoms with van der Waals surface area (Å²) >= 11 is 0. The fourth-order valence-electron chi connectivity index (χ4n) is 3.04. The highest BCUT2D eigenvalue weighted by molar-refractivity contribution is 5.81. The van der Waals surface area contributed by atoms with E-state index in [0.717, 1.165) is 11.0 Å². The summed E-state index contributed by atoms with van der Waals surface area (Å²) in [6, 6.07) is 12.1. The van der Waals surface area contributed by atoms with E-state index in [1.807, 2.05) is 6.92 Å². The van der Waals surface area contributed by atoms with Gasteiger partial charge in [-0.15, -0.1) is 0 Å². The fourth-order valence-corrected chi connectivity index (χ4v) is 3.04. The normalized spacial score (nSPS) is 10.9. The maximum atomic E-state index is 14.3. The van der Waals surface area contributed by atoms with Crippen molar-refractivity contribution in [3.8, 4) is 5.69 Å². The molecule has 2 aromatic carbocycles. The molecule has 1 amide bonds. The Kier molecular flexibility index (Phi) is 5.21. The zero-order chi connectivity index (χ0) is 19.6. The Morgan fingerprint density at radius 1 is 1.07 bits per heavy atom. The molecule has 140 valence electrons. The van der Waals surface area contributed by atoms with Gasteiger partial charge in [-0.25, -0.2) is 13.8 Å². The van der Waals surface area contributed by atoms with Crippen LogP contribution in [0.1, 0.15) is 13.3 Å². The first-order chi connectivity index (χ1) is 13.0. The van der Waals surface area contributed by atoms with Gasteiger partial charge in [-0.1, -0.05) is 31.2 Å². The summed E-state index contributed by atoms with van der Waals surface area (Å²) in [4.78, 5) is 40.0. The van der Waals surface area contributed by atoms with Gasteiger partial charge < -0.3 is 4.90 Å². The Morgan fingerprint density at radius 2 is 1.74 bits per heavy atom. The fraction of sp³-hybridized carbons (Fsp3) is 0.250. The van der Waals surface area contributed by atoms with Crippen molar-refractivity contribution in [2.75, 3.05) is 13.6 Å². The van der Waals surface area contributed by atoms with Gasteiger partial charge in [0.15, 0.2) is 0 Å². The first kappa shape index (κ1) is 18.6. The second-order valence-corrected chi connectivity index (χ2v) is 6.29. The molecule has 0 radical (unpaired) electrons. The van der Waals surface area contributed by atoms with Crippen LogP contribution in [0.15, 0.2) is 58.1 Å². The predicted octanol–water partition coefficient (Wildman–Crippen LogP) is 2.16. The molecule has 0 aliphatic heterocycles. The number of amides is 1. The monoisotopic (exact) mass is 369 g/mol. The number of carbonyl (C=O) groups excluding carboxylic acids is 1. The van der Waals surface area contributed by atoms with E-state index in [4.69, 9.17) is 0 Å². The number of likely N-dealkylation sites (N-methyl/N-ethyl adjacent to an activating group) is 1. The maximum Gasteiger partial charge on any atom is 0.336 e. The molecule has 0 fully saturated rings. The summed E-state index contributed by atoms with van der Waals surface area (Å²) in [5.41, 5.74) is -1.16. The number of para-hydroxylation sites is 2. The van der Waals surface area contributed by atoms with Crippen molar-refractivity contribution < 1.29 is 9.18 Å². The third-order valence-corrected chi connectivity index (χ3v) is 4.42. The van der Waals surface area contributed by atoms with Gasteiger partial charge >= 0.3 is 5.69 Å². The first-order valence-corrected chi connectivity index (χ1v) is 8.69. The molecule has 27 heavy (non-hydrogen) atoms. The number of hydrogen-bond acceptors (Lipinski definition) is 3.